The van der Waals surface area contributed by atoms with E-state index >= 15 is 0 Å². The topological polar surface area (TPSA) is 37.0 Å². The van der Waals surface area contributed by atoms with Crippen LogP contribution in [0.3, 0.4) is 0 Å². The number of rotatable bonds is 4. The number of hydrogen-bond acceptors (Lipinski definition) is 3. The lowest BCUT2D eigenvalue weighted by atomic mass is 10.3. The molecule has 0 aliphatic carbocycles. The van der Waals surface area contributed by atoms with E-state index in [0.717, 1.165) is 24.3 Å². The van der Waals surface area contributed by atoms with Crippen molar-refractivity contribution in [3.8, 4) is 0 Å². The van der Waals surface area contributed by atoms with E-state index in [0.29, 0.717) is 0 Å². The summed E-state index contributed by atoms with van der Waals surface area (Å²) in [7, 11) is 1.89. The maximum atomic E-state index is 4.08. The van der Waals surface area contributed by atoms with Gasteiger partial charge in [0, 0.05) is 13.6 Å². The summed E-state index contributed by atoms with van der Waals surface area (Å²) in [6.45, 7) is 3.14. The van der Waals surface area contributed by atoms with Crippen molar-refractivity contribution in [2.45, 2.75) is 13.3 Å². The van der Waals surface area contributed by atoms with Crippen molar-refractivity contribution in [2.75, 3.05) is 24.2 Å². The number of anilines is 2. The smallest absolute Gasteiger partial charge is 0.0547 e. The van der Waals surface area contributed by atoms with Gasteiger partial charge in [-0.1, -0.05) is 6.92 Å². The van der Waals surface area contributed by atoms with Gasteiger partial charge in [-0.3, -0.25) is 4.98 Å². The molecule has 0 saturated heterocycles. The van der Waals surface area contributed by atoms with Crippen LogP contribution in [0.25, 0.3) is 0 Å². The average molecular weight is 165 g/mol. The molecule has 0 aliphatic rings. The summed E-state index contributed by atoms with van der Waals surface area (Å²) in [6, 6.07) is 2.04. The van der Waals surface area contributed by atoms with Gasteiger partial charge in [-0.15, -0.1) is 0 Å². The summed E-state index contributed by atoms with van der Waals surface area (Å²) >= 11 is 0. The molecule has 0 aromatic carbocycles. The molecule has 66 valence electrons. The van der Waals surface area contributed by atoms with Gasteiger partial charge in [0.1, 0.15) is 0 Å². The van der Waals surface area contributed by atoms with Crippen LogP contribution in [0.2, 0.25) is 0 Å². The van der Waals surface area contributed by atoms with Crippen LogP contribution >= 0.6 is 0 Å². The average Bonchev–Trinajstić information content (AvgIpc) is 2.15. The molecule has 0 saturated carbocycles. The van der Waals surface area contributed by atoms with Crippen molar-refractivity contribution < 1.29 is 0 Å². The van der Waals surface area contributed by atoms with E-state index in [1.807, 2.05) is 19.3 Å². The van der Waals surface area contributed by atoms with Crippen molar-refractivity contribution in [3.05, 3.63) is 18.5 Å². The number of aromatic nitrogens is 1. The molecule has 1 aromatic rings. The van der Waals surface area contributed by atoms with Gasteiger partial charge >= 0.3 is 0 Å². The highest BCUT2D eigenvalue weighted by Gasteiger charge is 1.92. The third-order valence-corrected chi connectivity index (χ3v) is 1.61. The lowest BCUT2D eigenvalue weighted by Gasteiger charge is -2.05. The minimum absolute atomic E-state index is 0.995. The van der Waals surface area contributed by atoms with Gasteiger partial charge in [-0.2, -0.15) is 0 Å². The molecule has 0 unspecified atom stereocenters. The van der Waals surface area contributed by atoms with E-state index in [9.17, 15) is 0 Å². The Bertz CT molecular complexity index is 235. The quantitative estimate of drug-likeness (QED) is 0.716. The molecule has 12 heavy (non-hydrogen) atoms. The predicted molar refractivity (Wildman–Crippen MR) is 52.6 cm³/mol. The standard InChI is InChI=1S/C9H15N3/c1-3-4-12-9-5-8(10-2)6-11-7-9/h5-7,10,12H,3-4H2,1-2H3. The van der Waals surface area contributed by atoms with Crippen molar-refractivity contribution in [2.24, 2.45) is 0 Å². The molecular weight excluding hydrogens is 150 g/mol. The Balaban J connectivity index is 2.60. The normalized spacial score (nSPS) is 9.50. The molecule has 0 amide bonds. The first kappa shape index (κ1) is 8.84. The summed E-state index contributed by atoms with van der Waals surface area (Å²) in [6.07, 6.45) is 4.76. The molecule has 0 radical (unpaired) electrons. The third-order valence-electron chi connectivity index (χ3n) is 1.61. The first-order chi connectivity index (χ1) is 5.86. The zero-order valence-electron chi connectivity index (χ0n) is 7.59. The summed E-state index contributed by atoms with van der Waals surface area (Å²) in [5, 5.41) is 6.31. The Kier molecular flexibility index (Phi) is 3.38. The fraction of sp³-hybridized carbons (Fsp3) is 0.444. The molecule has 0 bridgehead atoms. The van der Waals surface area contributed by atoms with E-state index in [1.54, 1.807) is 6.20 Å². The summed E-state index contributed by atoms with van der Waals surface area (Å²) < 4.78 is 0. The first-order valence-electron chi connectivity index (χ1n) is 4.23. The monoisotopic (exact) mass is 165 g/mol. The van der Waals surface area contributed by atoms with Crippen molar-refractivity contribution in [1.82, 2.24) is 4.98 Å². The Morgan fingerprint density at radius 1 is 1.33 bits per heavy atom. The van der Waals surface area contributed by atoms with Crippen LogP contribution in [-0.4, -0.2) is 18.6 Å². The number of nitrogens with zero attached hydrogens (tertiary/aromatic N) is 1. The zero-order chi connectivity index (χ0) is 8.81. The van der Waals surface area contributed by atoms with Gasteiger partial charge < -0.3 is 10.6 Å². The number of hydrogen-bond donors (Lipinski definition) is 2. The molecule has 0 spiro atoms. The number of nitrogens with one attached hydrogen (secondary N) is 2. The van der Waals surface area contributed by atoms with Crippen LogP contribution in [0.4, 0.5) is 11.4 Å². The first-order valence-corrected chi connectivity index (χ1v) is 4.23. The van der Waals surface area contributed by atoms with Crippen LogP contribution < -0.4 is 10.6 Å². The highest BCUT2D eigenvalue weighted by molar-refractivity contribution is 5.53. The molecule has 2 N–H and O–H groups in total. The summed E-state index contributed by atoms with van der Waals surface area (Å²) in [4.78, 5) is 4.08. The van der Waals surface area contributed by atoms with E-state index < -0.39 is 0 Å². The fourth-order valence-electron chi connectivity index (χ4n) is 0.943. The fourth-order valence-corrected chi connectivity index (χ4v) is 0.943. The minimum Gasteiger partial charge on any atom is -0.387 e. The molecule has 3 nitrogen and oxygen atoms in total. The van der Waals surface area contributed by atoms with Crippen LogP contribution in [-0.2, 0) is 0 Å². The molecule has 0 aliphatic heterocycles. The SMILES string of the molecule is CCCNc1cncc(NC)c1. The third kappa shape index (κ3) is 2.42. The second kappa shape index (κ2) is 4.59. The number of pyridine rings is 1. The Hall–Kier alpha value is -1.25. The molecule has 3 heteroatoms. The Morgan fingerprint density at radius 3 is 2.75 bits per heavy atom. The van der Waals surface area contributed by atoms with Gasteiger partial charge in [-0.25, -0.2) is 0 Å². The Morgan fingerprint density at radius 2 is 2.08 bits per heavy atom. The van der Waals surface area contributed by atoms with Crippen LogP contribution in [0.1, 0.15) is 13.3 Å². The lowest BCUT2D eigenvalue weighted by Crippen LogP contribution is -2.00. The van der Waals surface area contributed by atoms with E-state index in [1.165, 1.54) is 0 Å². The minimum atomic E-state index is 0.995. The molecular formula is C9H15N3. The highest BCUT2D eigenvalue weighted by atomic mass is 14.9. The zero-order valence-corrected chi connectivity index (χ0v) is 7.59. The highest BCUT2D eigenvalue weighted by Crippen LogP contribution is 2.11. The summed E-state index contributed by atoms with van der Waals surface area (Å²) in [5.74, 6) is 0. The molecule has 1 aromatic heterocycles. The molecule has 0 atom stereocenters. The summed E-state index contributed by atoms with van der Waals surface area (Å²) in [5.41, 5.74) is 2.11. The van der Waals surface area contributed by atoms with Crippen molar-refractivity contribution in [3.63, 3.8) is 0 Å². The van der Waals surface area contributed by atoms with Crippen molar-refractivity contribution >= 4 is 11.4 Å². The maximum absolute atomic E-state index is 4.08. The van der Waals surface area contributed by atoms with Crippen LogP contribution in [0.15, 0.2) is 18.5 Å². The van der Waals surface area contributed by atoms with Gasteiger partial charge in [-0.05, 0) is 12.5 Å². The van der Waals surface area contributed by atoms with Gasteiger partial charge in [0.15, 0.2) is 0 Å². The second-order valence-corrected chi connectivity index (χ2v) is 2.64. The van der Waals surface area contributed by atoms with Crippen molar-refractivity contribution in [1.29, 1.82) is 0 Å². The van der Waals surface area contributed by atoms with Gasteiger partial charge in [0.05, 0.1) is 23.8 Å². The van der Waals surface area contributed by atoms with E-state index in [2.05, 4.69) is 22.5 Å². The van der Waals surface area contributed by atoms with Crippen LogP contribution in [0.5, 0.6) is 0 Å². The second-order valence-electron chi connectivity index (χ2n) is 2.64. The predicted octanol–water partition coefficient (Wildman–Crippen LogP) is 1.95. The molecule has 1 rings (SSSR count). The molecule has 0 fully saturated rings. The Labute approximate surface area is 73.2 Å². The van der Waals surface area contributed by atoms with E-state index in [-0.39, 0.29) is 0 Å². The van der Waals surface area contributed by atoms with Gasteiger partial charge in [0.25, 0.3) is 0 Å². The lowest BCUT2D eigenvalue weighted by molar-refractivity contribution is 0.977. The van der Waals surface area contributed by atoms with Gasteiger partial charge in [0.2, 0.25) is 0 Å². The molecule has 1 heterocycles. The van der Waals surface area contributed by atoms with Crippen LogP contribution in [0, 0.1) is 0 Å². The maximum Gasteiger partial charge on any atom is 0.0547 e. The largest absolute Gasteiger partial charge is 0.387 e. The van der Waals surface area contributed by atoms with E-state index in [4.69, 9.17) is 0 Å².